The summed E-state index contributed by atoms with van der Waals surface area (Å²) in [6, 6.07) is 0. The number of esters is 1. The summed E-state index contributed by atoms with van der Waals surface area (Å²) in [6.45, 7) is 4.04. The number of aliphatic hydroxyl groups is 1. The van der Waals surface area contributed by atoms with Gasteiger partial charge in [0.15, 0.2) is 0 Å². The zero-order chi connectivity index (χ0) is 11.9. The molecule has 0 aromatic carbocycles. The van der Waals surface area contributed by atoms with Crippen LogP contribution in [0.2, 0.25) is 0 Å². The lowest BCUT2D eigenvalue weighted by atomic mass is 9.96. The highest BCUT2D eigenvalue weighted by atomic mass is 32.2. The maximum absolute atomic E-state index is 11.5. The molecule has 0 aliphatic heterocycles. The summed E-state index contributed by atoms with van der Waals surface area (Å²) in [7, 11) is 3.14. The van der Waals surface area contributed by atoms with Crippen LogP contribution in [0.3, 0.4) is 0 Å². The summed E-state index contributed by atoms with van der Waals surface area (Å²) in [4.78, 5) is 11.5. The molecule has 0 rings (SSSR count). The Morgan fingerprint density at radius 3 is 2.67 bits per heavy atom. The third-order valence-electron chi connectivity index (χ3n) is 2.38. The normalized spacial score (nSPS) is 16.9. The number of rotatable bonds is 7. The van der Waals surface area contributed by atoms with E-state index < -0.39 is 5.54 Å². The van der Waals surface area contributed by atoms with Gasteiger partial charge in [0.2, 0.25) is 0 Å². The van der Waals surface area contributed by atoms with Crippen LogP contribution in [-0.4, -0.2) is 48.4 Å². The van der Waals surface area contributed by atoms with E-state index in [0.29, 0.717) is 17.4 Å². The lowest BCUT2D eigenvalue weighted by Crippen LogP contribution is -2.49. The van der Waals surface area contributed by atoms with E-state index in [1.807, 2.05) is 13.8 Å². The van der Waals surface area contributed by atoms with E-state index in [4.69, 9.17) is 9.84 Å². The van der Waals surface area contributed by atoms with Crippen LogP contribution in [0.4, 0.5) is 0 Å². The number of carbonyl (C=O) groups excluding carboxylic acids is 1. The molecule has 90 valence electrons. The molecule has 2 unspecified atom stereocenters. The Labute approximate surface area is 95.8 Å². The molecule has 0 fully saturated rings. The number of nitrogens with one attached hydrogen (secondary N) is 1. The Balaban J connectivity index is 4.23. The molecular weight excluding hydrogens is 214 g/mol. The fourth-order valence-corrected chi connectivity index (χ4v) is 2.36. The maximum atomic E-state index is 11.5. The Bertz CT molecular complexity index is 201. The van der Waals surface area contributed by atoms with Crippen molar-refractivity contribution in [2.75, 3.05) is 26.5 Å². The van der Waals surface area contributed by atoms with Gasteiger partial charge in [-0.05, 0) is 20.4 Å². The number of aliphatic hydroxyl groups excluding tert-OH is 1. The van der Waals surface area contributed by atoms with Crippen molar-refractivity contribution >= 4 is 17.7 Å². The molecule has 0 aliphatic rings. The van der Waals surface area contributed by atoms with E-state index in [-0.39, 0.29) is 12.6 Å². The van der Waals surface area contributed by atoms with Gasteiger partial charge < -0.3 is 15.2 Å². The molecular formula is C10H21NO3S. The summed E-state index contributed by atoms with van der Waals surface area (Å²) >= 11 is 1.65. The minimum Gasteiger partial charge on any atom is -0.468 e. The van der Waals surface area contributed by atoms with Gasteiger partial charge in [-0.25, -0.2) is 0 Å². The molecule has 0 radical (unpaired) electrons. The minimum atomic E-state index is -0.642. The van der Waals surface area contributed by atoms with Crippen LogP contribution in [0.1, 0.15) is 20.3 Å². The predicted molar refractivity (Wildman–Crippen MR) is 63.1 cm³/mol. The first-order chi connectivity index (χ1) is 7.00. The Hall–Kier alpha value is -0.260. The maximum Gasteiger partial charge on any atom is 0.325 e. The molecule has 5 heteroatoms. The van der Waals surface area contributed by atoms with Crippen LogP contribution in [-0.2, 0) is 9.53 Å². The summed E-state index contributed by atoms with van der Waals surface area (Å²) in [5.41, 5.74) is -0.642. The van der Waals surface area contributed by atoms with Crippen molar-refractivity contribution in [1.82, 2.24) is 5.32 Å². The topological polar surface area (TPSA) is 58.6 Å². The van der Waals surface area contributed by atoms with E-state index in [9.17, 15) is 4.79 Å². The van der Waals surface area contributed by atoms with Crippen molar-refractivity contribution in [2.24, 2.45) is 0 Å². The quantitative estimate of drug-likeness (QED) is 0.634. The minimum absolute atomic E-state index is 0.170. The van der Waals surface area contributed by atoms with Crippen LogP contribution in [0.25, 0.3) is 0 Å². The van der Waals surface area contributed by atoms with Crippen molar-refractivity contribution in [2.45, 2.75) is 31.1 Å². The SMILES string of the molecule is CNC(C)(CC(C)SCCO)C(=O)OC. The molecule has 0 amide bonds. The average Bonchev–Trinajstić information content (AvgIpc) is 2.24. The smallest absolute Gasteiger partial charge is 0.325 e. The number of ether oxygens (including phenoxy) is 1. The second-order valence-corrected chi connectivity index (χ2v) is 5.23. The van der Waals surface area contributed by atoms with Crippen molar-refractivity contribution < 1.29 is 14.6 Å². The molecule has 4 nitrogen and oxygen atoms in total. The van der Waals surface area contributed by atoms with Crippen LogP contribution in [0.5, 0.6) is 0 Å². The number of carbonyl (C=O) groups is 1. The molecule has 0 saturated carbocycles. The van der Waals surface area contributed by atoms with Gasteiger partial charge >= 0.3 is 5.97 Å². The predicted octanol–water partition coefficient (Wildman–Crippen LogP) is 0.642. The van der Waals surface area contributed by atoms with Gasteiger partial charge in [0, 0.05) is 11.0 Å². The van der Waals surface area contributed by atoms with E-state index in [2.05, 4.69) is 5.32 Å². The number of thioether (sulfide) groups is 1. The molecule has 2 atom stereocenters. The summed E-state index contributed by atoms with van der Waals surface area (Å²) < 4.78 is 4.75. The lowest BCUT2D eigenvalue weighted by molar-refractivity contribution is -0.147. The van der Waals surface area contributed by atoms with E-state index in [0.717, 1.165) is 0 Å². The van der Waals surface area contributed by atoms with Crippen LogP contribution in [0, 0.1) is 0 Å². The number of hydrogen-bond donors (Lipinski definition) is 2. The highest BCUT2D eigenvalue weighted by molar-refractivity contribution is 7.99. The van der Waals surface area contributed by atoms with E-state index in [1.165, 1.54) is 7.11 Å². The van der Waals surface area contributed by atoms with Crippen molar-refractivity contribution in [1.29, 1.82) is 0 Å². The molecule has 0 spiro atoms. The first kappa shape index (κ1) is 14.7. The van der Waals surface area contributed by atoms with Gasteiger partial charge in [-0.2, -0.15) is 11.8 Å². The van der Waals surface area contributed by atoms with Crippen molar-refractivity contribution in [3.8, 4) is 0 Å². The first-order valence-corrected chi connectivity index (χ1v) is 6.05. The monoisotopic (exact) mass is 235 g/mol. The molecule has 0 heterocycles. The molecule has 15 heavy (non-hydrogen) atoms. The average molecular weight is 235 g/mol. The second-order valence-electron chi connectivity index (χ2n) is 3.68. The van der Waals surface area contributed by atoms with Gasteiger partial charge in [0.1, 0.15) is 5.54 Å². The van der Waals surface area contributed by atoms with Gasteiger partial charge in [0.05, 0.1) is 13.7 Å². The number of hydrogen-bond acceptors (Lipinski definition) is 5. The zero-order valence-electron chi connectivity index (χ0n) is 9.87. The molecule has 0 bridgehead atoms. The largest absolute Gasteiger partial charge is 0.468 e. The third-order valence-corrected chi connectivity index (χ3v) is 3.53. The second kappa shape index (κ2) is 7.09. The van der Waals surface area contributed by atoms with Crippen LogP contribution >= 0.6 is 11.8 Å². The zero-order valence-corrected chi connectivity index (χ0v) is 10.7. The van der Waals surface area contributed by atoms with E-state index in [1.54, 1.807) is 18.8 Å². The molecule has 0 aliphatic carbocycles. The number of likely N-dealkylation sites (N-methyl/N-ethyl adjacent to an activating group) is 1. The van der Waals surface area contributed by atoms with E-state index >= 15 is 0 Å². The van der Waals surface area contributed by atoms with Crippen molar-refractivity contribution in [3.63, 3.8) is 0 Å². The Kier molecular flexibility index (Phi) is 6.96. The molecule has 0 saturated heterocycles. The Morgan fingerprint density at radius 1 is 1.67 bits per heavy atom. The van der Waals surface area contributed by atoms with Crippen LogP contribution in [0.15, 0.2) is 0 Å². The highest BCUT2D eigenvalue weighted by Crippen LogP contribution is 2.22. The summed E-state index contributed by atoms with van der Waals surface area (Å²) in [5.74, 6) is 0.448. The van der Waals surface area contributed by atoms with Gasteiger partial charge in [-0.3, -0.25) is 4.79 Å². The highest BCUT2D eigenvalue weighted by Gasteiger charge is 2.34. The fourth-order valence-electron chi connectivity index (χ4n) is 1.40. The number of methoxy groups -OCH3 is 1. The molecule has 0 aromatic rings. The van der Waals surface area contributed by atoms with Crippen LogP contribution < -0.4 is 5.32 Å². The van der Waals surface area contributed by atoms with Gasteiger partial charge in [-0.15, -0.1) is 0 Å². The lowest BCUT2D eigenvalue weighted by Gasteiger charge is -2.28. The first-order valence-electron chi connectivity index (χ1n) is 5.00. The fraction of sp³-hybridized carbons (Fsp3) is 0.900. The summed E-state index contributed by atoms with van der Waals surface area (Å²) in [5, 5.41) is 12.0. The van der Waals surface area contributed by atoms with Gasteiger partial charge in [0.25, 0.3) is 0 Å². The summed E-state index contributed by atoms with van der Waals surface area (Å²) in [6.07, 6.45) is 0.681. The third kappa shape index (κ3) is 4.86. The molecule has 0 aromatic heterocycles. The Morgan fingerprint density at radius 2 is 2.27 bits per heavy atom. The van der Waals surface area contributed by atoms with Crippen molar-refractivity contribution in [3.05, 3.63) is 0 Å². The molecule has 2 N–H and O–H groups in total. The van der Waals surface area contributed by atoms with Gasteiger partial charge in [-0.1, -0.05) is 6.92 Å². The standard InChI is InChI=1S/C10H21NO3S/c1-8(15-6-5-12)7-10(2,11-3)9(13)14-4/h8,11-12H,5-7H2,1-4H3.